The van der Waals surface area contributed by atoms with Crippen molar-refractivity contribution in [1.82, 2.24) is 0 Å². The van der Waals surface area contributed by atoms with E-state index in [1.165, 1.54) is 0 Å². The lowest BCUT2D eigenvalue weighted by molar-refractivity contribution is 0.148. The molecule has 1 aliphatic rings. The first kappa shape index (κ1) is 6.98. The van der Waals surface area contributed by atoms with Gasteiger partial charge in [-0.3, -0.25) is 4.18 Å². The first-order valence-electron chi connectivity index (χ1n) is 2.68. The molecule has 0 aromatic heterocycles. The summed E-state index contributed by atoms with van der Waals surface area (Å²) in [5, 5.41) is 0. The minimum absolute atomic E-state index is 0.230. The average Bonchev–Trinajstić information content (AvgIpc) is 2.15. The fraction of sp³-hybridized carbons (Fsp3) is 1.00. The van der Waals surface area contributed by atoms with Crippen LogP contribution in [0.15, 0.2) is 0 Å². The van der Waals surface area contributed by atoms with E-state index >= 15 is 0 Å². The highest BCUT2D eigenvalue weighted by Gasteiger charge is 2.16. The van der Waals surface area contributed by atoms with Crippen LogP contribution in [0, 0.1) is 0 Å². The van der Waals surface area contributed by atoms with E-state index in [1.54, 1.807) is 0 Å². The summed E-state index contributed by atoms with van der Waals surface area (Å²) in [4.78, 5) is 0. The van der Waals surface area contributed by atoms with Crippen LogP contribution in [-0.2, 0) is 19.9 Å². The van der Waals surface area contributed by atoms with Crippen LogP contribution in [0.4, 0.5) is 0 Å². The lowest BCUT2D eigenvalue weighted by Gasteiger charge is -1.99. The lowest BCUT2D eigenvalue weighted by atomic mass is 10.3. The van der Waals surface area contributed by atoms with Crippen LogP contribution in [0.5, 0.6) is 0 Å². The van der Waals surface area contributed by atoms with Gasteiger partial charge in [0, 0.05) is 13.0 Å². The summed E-state index contributed by atoms with van der Waals surface area (Å²) in [5.74, 6) is 0. The molecule has 0 amide bonds. The van der Waals surface area contributed by atoms with Crippen molar-refractivity contribution >= 4 is 11.0 Å². The van der Waals surface area contributed by atoms with Crippen molar-refractivity contribution in [3.8, 4) is 0 Å². The highest BCUT2D eigenvalue weighted by molar-refractivity contribution is 7.67. The molecule has 54 valence electrons. The Hall–Kier alpha value is -0.130. The zero-order chi connectivity index (χ0) is 6.69. The SMILES string of the molecule is O=[SH](=O)O[C@@H]1CCOC1. The summed E-state index contributed by atoms with van der Waals surface area (Å²) < 4.78 is 29.1. The van der Waals surface area contributed by atoms with E-state index in [-0.39, 0.29) is 6.10 Å². The molecular weight excluding hydrogens is 144 g/mol. The van der Waals surface area contributed by atoms with E-state index < -0.39 is 11.0 Å². The second kappa shape index (κ2) is 3.14. The third-order valence-electron chi connectivity index (χ3n) is 1.12. The van der Waals surface area contributed by atoms with E-state index in [0.717, 1.165) is 0 Å². The highest BCUT2D eigenvalue weighted by Crippen LogP contribution is 2.07. The molecule has 0 spiro atoms. The molecule has 0 aliphatic carbocycles. The third kappa shape index (κ3) is 2.30. The molecule has 0 saturated carbocycles. The van der Waals surface area contributed by atoms with Crippen molar-refractivity contribution in [2.75, 3.05) is 13.2 Å². The van der Waals surface area contributed by atoms with Crippen molar-refractivity contribution in [1.29, 1.82) is 0 Å². The first-order chi connectivity index (χ1) is 4.29. The Kier molecular flexibility index (Phi) is 2.44. The molecule has 4 nitrogen and oxygen atoms in total. The molecule has 1 atom stereocenters. The second-order valence-electron chi connectivity index (χ2n) is 1.81. The van der Waals surface area contributed by atoms with E-state index in [0.29, 0.717) is 19.6 Å². The summed E-state index contributed by atoms with van der Waals surface area (Å²) in [6, 6.07) is 0. The minimum atomic E-state index is -2.69. The summed E-state index contributed by atoms with van der Waals surface area (Å²) in [5.41, 5.74) is 0. The van der Waals surface area contributed by atoms with Crippen molar-refractivity contribution < 1.29 is 17.3 Å². The Morgan fingerprint density at radius 1 is 1.56 bits per heavy atom. The molecule has 0 aromatic rings. The maximum atomic E-state index is 9.91. The molecule has 1 saturated heterocycles. The lowest BCUT2D eigenvalue weighted by Crippen LogP contribution is -2.10. The molecule has 0 aromatic carbocycles. The summed E-state index contributed by atoms with van der Waals surface area (Å²) in [6.07, 6.45) is 0.453. The van der Waals surface area contributed by atoms with Gasteiger partial charge in [0.05, 0.1) is 6.61 Å². The number of thiol groups is 1. The van der Waals surface area contributed by atoms with E-state index in [9.17, 15) is 8.42 Å². The van der Waals surface area contributed by atoms with Crippen molar-refractivity contribution in [3.63, 3.8) is 0 Å². The van der Waals surface area contributed by atoms with Gasteiger partial charge in [-0.1, -0.05) is 0 Å². The molecule has 1 rings (SSSR count). The molecule has 1 heterocycles. The largest absolute Gasteiger partial charge is 0.379 e. The van der Waals surface area contributed by atoms with Gasteiger partial charge in [0.1, 0.15) is 6.10 Å². The number of rotatable bonds is 2. The number of hydrogen-bond acceptors (Lipinski definition) is 4. The molecule has 0 radical (unpaired) electrons. The highest BCUT2D eigenvalue weighted by atomic mass is 32.2. The van der Waals surface area contributed by atoms with Gasteiger partial charge in [-0.25, -0.2) is 8.42 Å². The quantitative estimate of drug-likeness (QED) is 0.532. The third-order valence-corrected chi connectivity index (χ3v) is 1.59. The molecule has 5 heteroatoms. The fourth-order valence-corrected chi connectivity index (χ4v) is 1.13. The smallest absolute Gasteiger partial charge is 0.257 e. The predicted molar refractivity (Wildman–Crippen MR) is 30.6 cm³/mol. The molecular formula is C4H8O4S. The maximum absolute atomic E-state index is 9.91. The Morgan fingerprint density at radius 2 is 2.33 bits per heavy atom. The van der Waals surface area contributed by atoms with E-state index in [4.69, 9.17) is 4.74 Å². The molecule has 9 heavy (non-hydrogen) atoms. The first-order valence-corrected chi connectivity index (χ1v) is 3.77. The number of ether oxygens (including phenoxy) is 1. The second-order valence-corrected chi connectivity index (χ2v) is 2.47. The molecule has 0 N–H and O–H groups in total. The van der Waals surface area contributed by atoms with E-state index in [2.05, 4.69) is 4.18 Å². The van der Waals surface area contributed by atoms with Crippen LogP contribution in [0.3, 0.4) is 0 Å². The zero-order valence-electron chi connectivity index (χ0n) is 4.78. The Bertz CT molecular complexity index is 139. The topological polar surface area (TPSA) is 52.6 Å². The summed E-state index contributed by atoms with van der Waals surface area (Å²) >= 11 is 0. The maximum Gasteiger partial charge on any atom is 0.257 e. The fourth-order valence-electron chi connectivity index (χ4n) is 0.718. The van der Waals surface area contributed by atoms with Crippen LogP contribution < -0.4 is 0 Å². The van der Waals surface area contributed by atoms with Gasteiger partial charge in [0.15, 0.2) is 0 Å². The molecule has 0 unspecified atom stereocenters. The normalized spacial score (nSPS) is 27.4. The van der Waals surface area contributed by atoms with Crippen LogP contribution in [0.2, 0.25) is 0 Å². The van der Waals surface area contributed by atoms with Crippen molar-refractivity contribution in [2.24, 2.45) is 0 Å². The van der Waals surface area contributed by atoms with Gasteiger partial charge in [-0.15, -0.1) is 0 Å². The van der Waals surface area contributed by atoms with Crippen LogP contribution in [0.1, 0.15) is 6.42 Å². The summed E-state index contributed by atoms with van der Waals surface area (Å²) in [6.45, 7) is 1.01. The average molecular weight is 152 g/mol. The zero-order valence-corrected chi connectivity index (χ0v) is 5.67. The molecule has 1 aliphatic heterocycles. The summed E-state index contributed by atoms with van der Waals surface area (Å²) in [7, 11) is -2.69. The van der Waals surface area contributed by atoms with Gasteiger partial charge in [0.2, 0.25) is 0 Å². The van der Waals surface area contributed by atoms with E-state index in [1.807, 2.05) is 0 Å². The minimum Gasteiger partial charge on any atom is -0.379 e. The van der Waals surface area contributed by atoms with Gasteiger partial charge in [-0.2, -0.15) is 0 Å². The molecule has 0 bridgehead atoms. The van der Waals surface area contributed by atoms with Crippen molar-refractivity contribution in [3.05, 3.63) is 0 Å². The van der Waals surface area contributed by atoms with Crippen LogP contribution in [0.25, 0.3) is 0 Å². The standard InChI is InChI=1S/C4H8O4S/c5-9(6)8-4-1-2-7-3-4/h4,9H,1-3H2/t4-/m1/s1. The van der Waals surface area contributed by atoms with Gasteiger partial charge >= 0.3 is 0 Å². The van der Waals surface area contributed by atoms with Gasteiger partial charge < -0.3 is 4.74 Å². The van der Waals surface area contributed by atoms with Crippen molar-refractivity contribution in [2.45, 2.75) is 12.5 Å². The van der Waals surface area contributed by atoms with Crippen LogP contribution in [-0.4, -0.2) is 27.7 Å². The molecule has 1 fully saturated rings. The number of hydrogen-bond donors (Lipinski definition) is 1. The Balaban J connectivity index is 2.27. The predicted octanol–water partition coefficient (Wildman–Crippen LogP) is -0.682. The van der Waals surface area contributed by atoms with Gasteiger partial charge in [-0.05, 0) is 0 Å². The van der Waals surface area contributed by atoms with Crippen LogP contribution >= 0.6 is 0 Å². The Morgan fingerprint density at radius 3 is 2.78 bits per heavy atom. The Labute approximate surface area is 54.9 Å². The monoisotopic (exact) mass is 152 g/mol. The van der Waals surface area contributed by atoms with Gasteiger partial charge in [0.25, 0.3) is 11.0 Å².